The molecule has 1 aromatic carbocycles. The summed E-state index contributed by atoms with van der Waals surface area (Å²) in [4.78, 5) is 10.7. The van der Waals surface area contributed by atoms with Crippen molar-refractivity contribution in [3.05, 3.63) is 52.6 Å². The van der Waals surface area contributed by atoms with Crippen LogP contribution in [0.1, 0.15) is 57.7 Å². The molecule has 0 bridgehead atoms. The van der Waals surface area contributed by atoms with Gasteiger partial charge in [0, 0.05) is 17.1 Å². The fourth-order valence-corrected chi connectivity index (χ4v) is 3.81. The van der Waals surface area contributed by atoms with E-state index in [9.17, 15) is 4.79 Å². The second-order valence-electron chi connectivity index (χ2n) is 8.35. The van der Waals surface area contributed by atoms with Crippen LogP contribution in [-0.4, -0.2) is 17.7 Å². The van der Waals surface area contributed by atoms with E-state index in [2.05, 4.69) is 45.9 Å². The number of ether oxygens (including phenoxy) is 1. The van der Waals surface area contributed by atoms with Gasteiger partial charge in [0.25, 0.3) is 0 Å². The molecule has 2 atom stereocenters. The van der Waals surface area contributed by atoms with Gasteiger partial charge in [-0.25, -0.2) is 4.79 Å². The van der Waals surface area contributed by atoms with Crippen molar-refractivity contribution < 1.29 is 14.6 Å². The first kappa shape index (κ1) is 17.8. The number of aryl methyl sites for hydroxylation is 1. The Morgan fingerprint density at radius 2 is 2.08 bits per heavy atom. The van der Waals surface area contributed by atoms with Crippen molar-refractivity contribution >= 4 is 5.97 Å². The van der Waals surface area contributed by atoms with Gasteiger partial charge in [-0.1, -0.05) is 52.0 Å². The van der Waals surface area contributed by atoms with Crippen LogP contribution in [0, 0.1) is 5.92 Å². The lowest BCUT2D eigenvalue weighted by Gasteiger charge is -2.20. The number of carboxylic acid groups (broad SMARTS) is 1. The van der Waals surface area contributed by atoms with E-state index in [1.807, 2.05) is 13.0 Å². The number of fused-ring (bicyclic) bond motifs is 1. The van der Waals surface area contributed by atoms with Crippen LogP contribution in [0.4, 0.5) is 0 Å². The number of benzene rings is 1. The molecule has 1 saturated carbocycles. The molecule has 3 rings (SSSR count). The molecule has 134 valence electrons. The Kier molecular flexibility index (Phi) is 4.30. The summed E-state index contributed by atoms with van der Waals surface area (Å²) in [5.41, 5.74) is 5.00. The number of rotatable bonds is 5. The Labute approximate surface area is 150 Å². The van der Waals surface area contributed by atoms with Crippen LogP contribution in [0.25, 0.3) is 0 Å². The highest BCUT2D eigenvalue weighted by Crippen LogP contribution is 2.56. The molecule has 3 nitrogen and oxygen atoms in total. The van der Waals surface area contributed by atoms with E-state index in [1.54, 1.807) is 0 Å². The number of aliphatic carboxylic acids is 1. The molecule has 1 heterocycles. The maximum atomic E-state index is 10.7. The molecule has 0 aromatic heterocycles. The topological polar surface area (TPSA) is 46.5 Å². The molecule has 1 N–H and O–H groups in total. The van der Waals surface area contributed by atoms with Crippen molar-refractivity contribution in [1.29, 1.82) is 0 Å². The van der Waals surface area contributed by atoms with Gasteiger partial charge in [0.2, 0.25) is 0 Å². The fraction of sp³-hybridized carbons (Fsp3) is 0.500. The molecule has 0 spiro atoms. The molecule has 25 heavy (non-hydrogen) atoms. The predicted molar refractivity (Wildman–Crippen MR) is 100 cm³/mol. The smallest absolute Gasteiger partial charge is 0.328 e. The molecular formula is C22H28O3. The maximum Gasteiger partial charge on any atom is 0.328 e. The van der Waals surface area contributed by atoms with E-state index in [0.717, 1.165) is 30.8 Å². The SMILES string of the molecule is CCc1cc(C2(C)CC2/C=C/C(C)=C/C(=O)O)cc2c1OCC2(C)C. The Bertz CT molecular complexity index is 770. The minimum Gasteiger partial charge on any atom is -0.492 e. The van der Waals surface area contributed by atoms with E-state index < -0.39 is 5.97 Å². The summed E-state index contributed by atoms with van der Waals surface area (Å²) in [7, 11) is 0. The van der Waals surface area contributed by atoms with E-state index in [-0.39, 0.29) is 10.8 Å². The van der Waals surface area contributed by atoms with Gasteiger partial charge in [0.05, 0.1) is 6.61 Å². The molecule has 1 fully saturated rings. The predicted octanol–water partition coefficient (Wildman–Crippen LogP) is 4.78. The molecule has 1 aliphatic carbocycles. The van der Waals surface area contributed by atoms with Crippen LogP contribution < -0.4 is 4.74 Å². The number of allylic oxidation sites excluding steroid dienone is 3. The Morgan fingerprint density at radius 1 is 1.36 bits per heavy atom. The highest BCUT2D eigenvalue weighted by molar-refractivity contribution is 5.81. The van der Waals surface area contributed by atoms with Crippen LogP contribution in [0.5, 0.6) is 5.75 Å². The Balaban J connectivity index is 1.88. The number of hydrogen-bond acceptors (Lipinski definition) is 2. The van der Waals surface area contributed by atoms with Crippen LogP contribution in [0.2, 0.25) is 0 Å². The standard InChI is InChI=1S/C22H28O3/c1-6-15-10-17(11-18-20(15)25-13-21(18,3)4)22(5)12-16(22)8-7-14(2)9-19(23)24/h7-11,16H,6,12-13H2,1-5H3,(H,23,24)/b8-7+,14-9+. The number of carbonyl (C=O) groups is 1. The lowest BCUT2D eigenvalue weighted by atomic mass is 9.82. The molecule has 0 amide bonds. The molecule has 0 radical (unpaired) electrons. The minimum absolute atomic E-state index is 0.0622. The molecular weight excluding hydrogens is 312 g/mol. The number of hydrogen-bond donors (Lipinski definition) is 1. The molecule has 0 saturated heterocycles. The third-order valence-corrected chi connectivity index (χ3v) is 5.76. The lowest BCUT2D eigenvalue weighted by molar-refractivity contribution is -0.131. The van der Waals surface area contributed by atoms with E-state index in [0.29, 0.717) is 5.92 Å². The number of carboxylic acids is 1. The third kappa shape index (κ3) is 3.24. The van der Waals surface area contributed by atoms with Crippen LogP contribution in [-0.2, 0) is 22.0 Å². The monoisotopic (exact) mass is 340 g/mol. The van der Waals surface area contributed by atoms with Crippen LogP contribution in [0.3, 0.4) is 0 Å². The van der Waals surface area contributed by atoms with Crippen molar-refractivity contribution in [3.8, 4) is 5.75 Å². The van der Waals surface area contributed by atoms with Gasteiger partial charge in [0.1, 0.15) is 5.75 Å². The zero-order valence-electron chi connectivity index (χ0n) is 15.8. The average molecular weight is 340 g/mol. The first-order chi connectivity index (χ1) is 11.7. The summed E-state index contributed by atoms with van der Waals surface area (Å²) in [6.07, 6.45) is 7.43. The minimum atomic E-state index is -0.894. The molecule has 2 aliphatic rings. The second kappa shape index (κ2) is 6.05. The van der Waals surface area contributed by atoms with E-state index in [4.69, 9.17) is 9.84 Å². The zero-order valence-corrected chi connectivity index (χ0v) is 15.8. The van der Waals surface area contributed by atoms with Crippen molar-refractivity contribution in [2.24, 2.45) is 5.92 Å². The third-order valence-electron chi connectivity index (χ3n) is 5.76. The molecule has 1 aliphatic heterocycles. The van der Waals surface area contributed by atoms with Gasteiger partial charge >= 0.3 is 5.97 Å². The van der Waals surface area contributed by atoms with Crippen LogP contribution >= 0.6 is 0 Å². The summed E-state index contributed by atoms with van der Waals surface area (Å²) in [6.45, 7) is 11.6. The first-order valence-corrected chi connectivity index (χ1v) is 9.07. The summed E-state index contributed by atoms with van der Waals surface area (Å²) in [5.74, 6) is 0.653. The van der Waals surface area contributed by atoms with Crippen molar-refractivity contribution in [2.45, 2.75) is 58.3 Å². The summed E-state index contributed by atoms with van der Waals surface area (Å²) in [5, 5.41) is 8.82. The zero-order chi connectivity index (χ0) is 18.4. The Morgan fingerprint density at radius 3 is 2.72 bits per heavy atom. The van der Waals surface area contributed by atoms with Crippen molar-refractivity contribution in [2.75, 3.05) is 6.61 Å². The Hall–Kier alpha value is -2.03. The molecule has 3 heteroatoms. The van der Waals surface area contributed by atoms with Gasteiger partial charge < -0.3 is 9.84 Å². The van der Waals surface area contributed by atoms with Gasteiger partial charge in [0.15, 0.2) is 0 Å². The van der Waals surface area contributed by atoms with E-state index in [1.165, 1.54) is 22.8 Å². The van der Waals surface area contributed by atoms with Gasteiger partial charge in [-0.3, -0.25) is 0 Å². The average Bonchev–Trinajstić information content (AvgIpc) is 3.11. The summed E-state index contributed by atoms with van der Waals surface area (Å²) >= 11 is 0. The maximum absolute atomic E-state index is 10.7. The normalized spacial score (nSPS) is 27.2. The van der Waals surface area contributed by atoms with Gasteiger partial charge in [-0.2, -0.15) is 0 Å². The fourth-order valence-electron chi connectivity index (χ4n) is 3.81. The summed E-state index contributed by atoms with van der Waals surface area (Å²) < 4.78 is 5.99. The highest BCUT2D eigenvalue weighted by Gasteiger charge is 2.50. The van der Waals surface area contributed by atoms with Crippen molar-refractivity contribution in [1.82, 2.24) is 0 Å². The lowest BCUT2D eigenvalue weighted by Crippen LogP contribution is -2.18. The molecule has 1 aromatic rings. The van der Waals surface area contributed by atoms with Gasteiger partial charge in [-0.05, 0) is 47.8 Å². The van der Waals surface area contributed by atoms with Crippen molar-refractivity contribution in [3.63, 3.8) is 0 Å². The molecule has 2 unspecified atom stereocenters. The van der Waals surface area contributed by atoms with Gasteiger partial charge in [-0.15, -0.1) is 0 Å². The quantitative estimate of drug-likeness (QED) is 0.619. The second-order valence-corrected chi connectivity index (χ2v) is 8.35. The largest absolute Gasteiger partial charge is 0.492 e. The van der Waals surface area contributed by atoms with Crippen LogP contribution in [0.15, 0.2) is 35.9 Å². The van der Waals surface area contributed by atoms with E-state index >= 15 is 0 Å². The highest BCUT2D eigenvalue weighted by atomic mass is 16.5. The first-order valence-electron chi connectivity index (χ1n) is 9.07. The summed E-state index contributed by atoms with van der Waals surface area (Å²) in [6, 6.07) is 4.66.